The predicted octanol–water partition coefficient (Wildman–Crippen LogP) is 3.84. The van der Waals surface area contributed by atoms with Crippen LogP contribution in [0.25, 0.3) is 5.69 Å². The number of anilines is 1. The fourth-order valence-electron chi connectivity index (χ4n) is 3.02. The van der Waals surface area contributed by atoms with Gasteiger partial charge in [-0.3, -0.25) is 4.79 Å². The Hall–Kier alpha value is -2.92. The van der Waals surface area contributed by atoms with Crippen LogP contribution in [0.3, 0.4) is 0 Å². The summed E-state index contributed by atoms with van der Waals surface area (Å²) >= 11 is 2.51. The van der Waals surface area contributed by atoms with Crippen LogP contribution in [0.2, 0.25) is 0 Å². The van der Waals surface area contributed by atoms with E-state index in [4.69, 9.17) is 9.47 Å². The van der Waals surface area contributed by atoms with Crippen molar-refractivity contribution in [3.05, 3.63) is 40.8 Å². The molecule has 1 aromatic carbocycles. The summed E-state index contributed by atoms with van der Waals surface area (Å²) < 4.78 is 12.1. The number of hydrogen-bond donors (Lipinski definition) is 1. The third-order valence-electron chi connectivity index (χ3n) is 4.31. The number of thiophene rings is 1. The lowest BCUT2D eigenvalue weighted by atomic mass is 10.0. The number of para-hydroxylation sites is 2. The van der Waals surface area contributed by atoms with Gasteiger partial charge in [-0.2, -0.15) is 4.68 Å². The van der Waals surface area contributed by atoms with Crippen molar-refractivity contribution in [2.75, 3.05) is 24.8 Å². The minimum atomic E-state index is -0.424. The van der Waals surface area contributed by atoms with E-state index in [2.05, 4.69) is 34.7 Å². The molecule has 0 aliphatic carbocycles. The predicted molar refractivity (Wildman–Crippen MR) is 124 cm³/mol. The molecule has 11 heteroatoms. The Morgan fingerprint density at radius 1 is 1.28 bits per heavy atom. The molecular weight excluding hydrogens is 450 g/mol. The van der Waals surface area contributed by atoms with Gasteiger partial charge in [0.1, 0.15) is 16.4 Å². The summed E-state index contributed by atoms with van der Waals surface area (Å²) in [6, 6.07) is 7.33. The summed E-state index contributed by atoms with van der Waals surface area (Å²) in [5.74, 6) is 0.350. The zero-order valence-corrected chi connectivity index (χ0v) is 20.0. The number of esters is 1. The molecule has 170 valence electrons. The molecule has 0 saturated heterocycles. The van der Waals surface area contributed by atoms with Crippen LogP contribution >= 0.6 is 23.1 Å². The monoisotopic (exact) mass is 475 g/mol. The van der Waals surface area contributed by atoms with E-state index < -0.39 is 5.97 Å². The summed E-state index contributed by atoms with van der Waals surface area (Å²) in [4.78, 5) is 25.2. The normalized spacial score (nSPS) is 10.9. The topological polar surface area (TPSA) is 108 Å². The Labute approximate surface area is 194 Å². The Kier molecular flexibility index (Phi) is 8.23. The molecular formula is C21H25N5O4S2. The van der Waals surface area contributed by atoms with Crippen molar-refractivity contribution in [1.82, 2.24) is 20.2 Å². The van der Waals surface area contributed by atoms with E-state index >= 15 is 0 Å². The van der Waals surface area contributed by atoms with Crippen LogP contribution in [0, 0.1) is 5.92 Å². The molecule has 0 bridgehead atoms. The second-order valence-corrected chi connectivity index (χ2v) is 8.99. The summed E-state index contributed by atoms with van der Waals surface area (Å²) in [5.41, 5.74) is 1.98. The van der Waals surface area contributed by atoms with Gasteiger partial charge in [-0.15, -0.1) is 16.4 Å². The highest BCUT2D eigenvalue weighted by molar-refractivity contribution is 7.99. The number of methoxy groups -OCH3 is 1. The maximum Gasteiger partial charge on any atom is 0.341 e. The Bertz CT molecular complexity index is 1080. The Balaban J connectivity index is 1.72. The number of tetrazole rings is 1. The van der Waals surface area contributed by atoms with Gasteiger partial charge in [0.25, 0.3) is 0 Å². The highest BCUT2D eigenvalue weighted by Crippen LogP contribution is 2.31. The molecule has 0 spiro atoms. The second-order valence-electron chi connectivity index (χ2n) is 7.17. The van der Waals surface area contributed by atoms with Crippen LogP contribution in [0.15, 0.2) is 34.8 Å². The fourth-order valence-corrected chi connectivity index (χ4v) is 4.68. The molecule has 2 aromatic heterocycles. The average Bonchev–Trinajstić information content (AvgIpc) is 3.39. The fraction of sp³-hybridized carbons (Fsp3) is 0.381. The van der Waals surface area contributed by atoms with Gasteiger partial charge in [-0.05, 0) is 52.8 Å². The van der Waals surface area contributed by atoms with E-state index in [-0.39, 0.29) is 18.3 Å². The molecule has 0 saturated carbocycles. The molecule has 0 aliphatic rings. The van der Waals surface area contributed by atoms with Crippen molar-refractivity contribution in [2.45, 2.75) is 32.3 Å². The van der Waals surface area contributed by atoms with Gasteiger partial charge < -0.3 is 14.8 Å². The first-order valence-corrected chi connectivity index (χ1v) is 11.9. The second kappa shape index (κ2) is 11.1. The number of hydrogen-bond acceptors (Lipinski definition) is 9. The molecule has 9 nitrogen and oxygen atoms in total. The first-order chi connectivity index (χ1) is 15.4. The molecule has 32 heavy (non-hydrogen) atoms. The largest absolute Gasteiger partial charge is 0.494 e. The lowest BCUT2D eigenvalue weighted by molar-refractivity contribution is -0.113. The van der Waals surface area contributed by atoms with E-state index in [1.165, 1.54) is 27.8 Å². The summed E-state index contributed by atoms with van der Waals surface area (Å²) in [7, 11) is 1.57. The average molecular weight is 476 g/mol. The van der Waals surface area contributed by atoms with Crippen molar-refractivity contribution in [3.63, 3.8) is 0 Å². The third-order valence-corrected chi connectivity index (χ3v) is 6.18. The van der Waals surface area contributed by atoms with Gasteiger partial charge in [0.15, 0.2) is 0 Å². The van der Waals surface area contributed by atoms with Gasteiger partial charge >= 0.3 is 5.97 Å². The number of benzene rings is 1. The number of rotatable bonds is 10. The van der Waals surface area contributed by atoms with Crippen molar-refractivity contribution in [1.29, 1.82) is 0 Å². The van der Waals surface area contributed by atoms with E-state index in [0.717, 1.165) is 12.0 Å². The van der Waals surface area contributed by atoms with Gasteiger partial charge in [0.2, 0.25) is 11.1 Å². The minimum absolute atomic E-state index is 0.0647. The smallest absolute Gasteiger partial charge is 0.341 e. The van der Waals surface area contributed by atoms with E-state index in [1.807, 2.05) is 23.6 Å². The van der Waals surface area contributed by atoms with Crippen molar-refractivity contribution < 1.29 is 19.1 Å². The number of ether oxygens (including phenoxy) is 2. The number of amides is 1. The minimum Gasteiger partial charge on any atom is -0.494 e. The highest BCUT2D eigenvalue weighted by Gasteiger charge is 2.23. The molecule has 2 heterocycles. The maximum atomic E-state index is 12.7. The number of carbonyl (C=O) groups excluding carboxylic acids is 2. The Morgan fingerprint density at radius 3 is 2.78 bits per heavy atom. The molecule has 1 N–H and O–H groups in total. The third kappa shape index (κ3) is 5.65. The first-order valence-electron chi connectivity index (χ1n) is 10.1. The van der Waals surface area contributed by atoms with Crippen LogP contribution < -0.4 is 10.1 Å². The zero-order chi connectivity index (χ0) is 23.1. The SMILES string of the molecule is CCOC(=O)c1c(CC(C)C)csc1NC(=O)CSc1nnnn1-c1ccccc1OC. The number of carbonyl (C=O) groups is 2. The van der Waals surface area contributed by atoms with Crippen LogP contribution in [0.4, 0.5) is 5.00 Å². The summed E-state index contributed by atoms with van der Waals surface area (Å²) in [6.45, 7) is 6.18. The number of thioether (sulfide) groups is 1. The van der Waals surface area contributed by atoms with Crippen molar-refractivity contribution >= 4 is 40.0 Å². The molecule has 1 amide bonds. The van der Waals surface area contributed by atoms with E-state index in [1.54, 1.807) is 20.1 Å². The molecule has 0 fully saturated rings. The number of nitrogens with zero attached hydrogens (tertiary/aromatic N) is 4. The molecule has 0 atom stereocenters. The van der Waals surface area contributed by atoms with Gasteiger partial charge in [0, 0.05) is 0 Å². The maximum absolute atomic E-state index is 12.7. The van der Waals surface area contributed by atoms with Crippen molar-refractivity contribution in [2.24, 2.45) is 5.92 Å². The lowest BCUT2D eigenvalue weighted by Gasteiger charge is -2.10. The van der Waals surface area contributed by atoms with Crippen LogP contribution in [-0.2, 0) is 16.0 Å². The summed E-state index contributed by atoms with van der Waals surface area (Å²) in [6.07, 6.45) is 0.725. The quantitative estimate of drug-likeness (QED) is 0.348. The number of aromatic nitrogens is 4. The molecule has 3 rings (SSSR count). The standard InChI is InChI=1S/C21H25N5O4S2/c1-5-30-20(28)18-14(10-13(2)3)11-31-19(18)22-17(27)12-32-21-23-24-25-26(21)15-8-6-7-9-16(15)29-4/h6-9,11,13H,5,10,12H2,1-4H3,(H,22,27). The highest BCUT2D eigenvalue weighted by atomic mass is 32.2. The first kappa shape index (κ1) is 23.7. The molecule has 0 aliphatic heterocycles. The van der Waals surface area contributed by atoms with Gasteiger partial charge in [0.05, 0.1) is 25.0 Å². The Morgan fingerprint density at radius 2 is 2.06 bits per heavy atom. The molecule has 0 unspecified atom stereocenters. The summed E-state index contributed by atoms with van der Waals surface area (Å²) in [5, 5.41) is 17.4. The van der Waals surface area contributed by atoms with E-state index in [9.17, 15) is 9.59 Å². The lowest BCUT2D eigenvalue weighted by Crippen LogP contribution is -2.17. The molecule has 3 aromatic rings. The zero-order valence-electron chi connectivity index (χ0n) is 18.3. The van der Waals surface area contributed by atoms with Crippen LogP contribution in [-0.4, -0.2) is 51.6 Å². The van der Waals surface area contributed by atoms with Crippen LogP contribution in [0.5, 0.6) is 5.75 Å². The van der Waals surface area contributed by atoms with Gasteiger partial charge in [-0.25, -0.2) is 4.79 Å². The number of nitrogens with one attached hydrogen (secondary N) is 1. The molecule has 0 radical (unpaired) electrons. The van der Waals surface area contributed by atoms with Crippen molar-refractivity contribution in [3.8, 4) is 11.4 Å². The van der Waals surface area contributed by atoms with Gasteiger partial charge in [-0.1, -0.05) is 37.7 Å². The van der Waals surface area contributed by atoms with E-state index in [0.29, 0.717) is 33.1 Å². The van der Waals surface area contributed by atoms with Crippen LogP contribution in [0.1, 0.15) is 36.7 Å².